The maximum Gasteiger partial charge on any atom is 0.282 e. The van der Waals surface area contributed by atoms with Gasteiger partial charge in [-0.2, -0.15) is 0 Å². The summed E-state index contributed by atoms with van der Waals surface area (Å²) in [6, 6.07) is 0. The van der Waals surface area contributed by atoms with E-state index in [0.29, 0.717) is 16.7 Å². The predicted octanol–water partition coefficient (Wildman–Crippen LogP) is 1.82. The van der Waals surface area contributed by atoms with Crippen molar-refractivity contribution < 1.29 is 4.79 Å². The van der Waals surface area contributed by atoms with E-state index in [0.717, 1.165) is 39.0 Å². The number of rotatable bonds is 10. The SMILES string of the molecule is CCCNc1nnc(C(=O)NCCN(CC)CCC)s1. The van der Waals surface area contributed by atoms with E-state index in [2.05, 4.69) is 46.5 Å². The number of carbonyl (C=O) groups is 1. The Kier molecular flexibility index (Phi) is 8.13. The lowest BCUT2D eigenvalue weighted by atomic mass is 10.4. The smallest absolute Gasteiger partial charge is 0.282 e. The molecule has 1 aromatic heterocycles. The van der Waals surface area contributed by atoms with Crippen LogP contribution in [0.5, 0.6) is 0 Å². The van der Waals surface area contributed by atoms with E-state index in [1.165, 1.54) is 11.3 Å². The molecular formula is C13H25N5OS. The second-order valence-corrected chi connectivity index (χ2v) is 5.51. The zero-order valence-corrected chi connectivity index (χ0v) is 13.4. The van der Waals surface area contributed by atoms with Crippen molar-refractivity contribution in [1.82, 2.24) is 20.4 Å². The van der Waals surface area contributed by atoms with Gasteiger partial charge in [0, 0.05) is 19.6 Å². The minimum absolute atomic E-state index is 0.139. The molecule has 0 aromatic carbocycles. The Morgan fingerprint density at radius 2 is 1.95 bits per heavy atom. The van der Waals surface area contributed by atoms with Gasteiger partial charge in [-0.05, 0) is 25.9 Å². The van der Waals surface area contributed by atoms with Crippen molar-refractivity contribution in [2.24, 2.45) is 0 Å². The molecule has 0 saturated heterocycles. The van der Waals surface area contributed by atoms with Crippen molar-refractivity contribution in [3.8, 4) is 0 Å². The number of hydrogen-bond acceptors (Lipinski definition) is 6. The highest BCUT2D eigenvalue weighted by atomic mass is 32.1. The van der Waals surface area contributed by atoms with E-state index >= 15 is 0 Å². The molecule has 1 aromatic rings. The Balaban J connectivity index is 2.33. The number of hydrogen-bond donors (Lipinski definition) is 2. The minimum atomic E-state index is -0.139. The number of anilines is 1. The standard InChI is InChI=1S/C13H25N5OS/c1-4-7-15-13-17-16-12(20-13)11(19)14-8-10-18(6-3)9-5-2/h4-10H2,1-3H3,(H,14,19)(H,15,17). The summed E-state index contributed by atoms with van der Waals surface area (Å²) in [5.41, 5.74) is 0. The molecular weight excluding hydrogens is 274 g/mol. The number of carbonyl (C=O) groups excluding carboxylic acids is 1. The van der Waals surface area contributed by atoms with E-state index < -0.39 is 0 Å². The Hall–Kier alpha value is -1.21. The first kappa shape index (κ1) is 16.8. The molecule has 0 aliphatic heterocycles. The molecule has 0 radical (unpaired) electrons. The summed E-state index contributed by atoms with van der Waals surface area (Å²) >= 11 is 1.30. The van der Waals surface area contributed by atoms with Gasteiger partial charge in [-0.25, -0.2) is 0 Å². The van der Waals surface area contributed by atoms with Crippen LogP contribution in [-0.2, 0) is 0 Å². The summed E-state index contributed by atoms with van der Waals surface area (Å²) in [5, 5.41) is 15.0. The quantitative estimate of drug-likeness (QED) is 0.689. The van der Waals surface area contributed by atoms with Gasteiger partial charge in [0.25, 0.3) is 5.91 Å². The molecule has 1 amide bonds. The van der Waals surface area contributed by atoms with Gasteiger partial charge in [0.2, 0.25) is 10.1 Å². The van der Waals surface area contributed by atoms with Crippen molar-refractivity contribution in [3.63, 3.8) is 0 Å². The molecule has 2 N–H and O–H groups in total. The molecule has 1 heterocycles. The van der Waals surface area contributed by atoms with Crippen LogP contribution in [0.3, 0.4) is 0 Å². The minimum Gasteiger partial charge on any atom is -0.360 e. The Bertz CT molecular complexity index is 396. The van der Waals surface area contributed by atoms with Crippen molar-refractivity contribution in [2.75, 3.05) is 38.0 Å². The summed E-state index contributed by atoms with van der Waals surface area (Å²) in [6.45, 7) is 10.8. The fraction of sp³-hybridized carbons (Fsp3) is 0.769. The highest BCUT2D eigenvalue weighted by Crippen LogP contribution is 2.14. The number of amides is 1. The molecule has 0 atom stereocenters. The van der Waals surface area contributed by atoms with E-state index in [9.17, 15) is 4.79 Å². The summed E-state index contributed by atoms with van der Waals surface area (Å²) in [5.74, 6) is -0.139. The molecule has 1 rings (SSSR count). The Labute approximate surface area is 125 Å². The van der Waals surface area contributed by atoms with Crippen molar-refractivity contribution in [1.29, 1.82) is 0 Å². The van der Waals surface area contributed by atoms with E-state index in [1.54, 1.807) is 0 Å². The van der Waals surface area contributed by atoms with Crippen LogP contribution in [-0.4, -0.2) is 53.7 Å². The van der Waals surface area contributed by atoms with Crippen LogP contribution >= 0.6 is 11.3 Å². The van der Waals surface area contributed by atoms with Gasteiger partial charge in [0.15, 0.2) is 0 Å². The average molecular weight is 299 g/mol. The number of nitrogens with zero attached hydrogens (tertiary/aromatic N) is 3. The normalized spacial score (nSPS) is 10.8. The molecule has 20 heavy (non-hydrogen) atoms. The molecule has 114 valence electrons. The Morgan fingerprint density at radius 3 is 2.60 bits per heavy atom. The topological polar surface area (TPSA) is 70.1 Å². The maximum atomic E-state index is 11.9. The van der Waals surface area contributed by atoms with Gasteiger partial charge in [-0.1, -0.05) is 32.1 Å². The van der Waals surface area contributed by atoms with Gasteiger partial charge in [0.05, 0.1) is 0 Å². The van der Waals surface area contributed by atoms with Crippen LogP contribution < -0.4 is 10.6 Å². The highest BCUT2D eigenvalue weighted by molar-refractivity contribution is 7.17. The number of nitrogens with one attached hydrogen (secondary N) is 2. The Morgan fingerprint density at radius 1 is 1.15 bits per heavy atom. The van der Waals surface area contributed by atoms with E-state index in [4.69, 9.17) is 0 Å². The van der Waals surface area contributed by atoms with Crippen molar-refractivity contribution >= 4 is 22.4 Å². The summed E-state index contributed by atoms with van der Waals surface area (Å²) in [6.07, 6.45) is 2.15. The lowest BCUT2D eigenvalue weighted by Crippen LogP contribution is -2.35. The molecule has 0 spiro atoms. The van der Waals surface area contributed by atoms with Crippen LogP contribution in [0.4, 0.5) is 5.13 Å². The van der Waals surface area contributed by atoms with Gasteiger partial charge >= 0.3 is 0 Å². The molecule has 0 fully saturated rings. The first-order valence-corrected chi connectivity index (χ1v) is 8.10. The first-order chi connectivity index (χ1) is 9.71. The second-order valence-electron chi connectivity index (χ2n) is 4.53. The van der Waals surface area contributed by atoms with Crippen LogP contribution in [0.2, 0.25) is 0 Å². The van der Waals surface area contributed by atoms with Crippen LogP contribution in [0, 0.1) is 0 Å². The van der Waals surface area contributed by atoms with Gasteiger partial charge < -0.3 is 15.5 Å². The van der Waals surface area contributed by atoms with E-state index in [-0.39, 0.29) is 5.91 Å². The fourth-order valence-corrected chi connectivity index (χ4v) is 2.45. The third kappa shape index (κ3) is 5.83. The van der Waals surface area contributed by atoms with Crippen LogP contribution in [0.15, 0.2) is 0 Å². The molecule has 0 aliphatic rings. The number of likely N-dealkylation sites (N-methyl/N-ethyl adjacent to an activating group) is 1. The third-order valence-electron chi connectivity index (χ3n) is 2.85. The molecule has 0 unspecified atom stereocenters. The highest BCUT2D eigenvalue weighted by Gasteiger charge is 2.12. The third-order valence-corrected chi connectivity index (χ3v) is 3.73. The second kappa shape index (κ2) is 9.66. The summed E-state index contributed by atoms with van der Waals surface area (Å²) in [4.78, 5) is 14.2. The molecule has 7 heteroatoms. The molecule has 6 nitrogen and oxygen atoms in total. The first-order valence-electron chi connectivity index (χ1n) is 7.29. The number of aromatic nitrogens is 2. The van der Waals surface area contributed by atoms with Crippen molar-refractivity contribution in [3.05, 3.63) is 5.01 Å². The monoisotopic (exact) mass is 299 g/mol. The molecule has 0 saturated carbocycles. The lowest BCUT2D eigenvalue weighted by Gasteiger charge is -2.19. The predicted molar refractivity (Wildman–Crippen MR) is 83.4 cm³/mol. The summed E-state index contributed by atoms with van der Waals surface area (Å²) in [7, 11) is 0. The fourth-order valence-electron chi connectivity index (χ4n) is 1.77. The largest absolute Gasteiger partial charge is 0.360 e. The average Bonchev–Trinajstić information content (AvgIpc) is 2.92. The van der Waals surface area contributed by atoms with E-state index in [1.807, 2.05) is 0 Å². The lowest BCUT2D eigenvalue weighted by molar-refractivity contribution is 0.0947. The summed E-state index contributed by atoms with van der Waals surface area (Å²) < 4.78 is 0. The molecule has 0 bridgehead atoms. The van der Waals surface area contributed by atoms with Crippen LogP contribution in [0.1, 0.15) is 43.4 Å². The van der Waals surface area contributed by atoms with Gasteiger partial charge in [-0.3, -0.25) is 4.79 Å². The van der Waals surface area contributed by atoms with Gasteiger partial charge in [-0.15, -0.1) is 10.2 Å². The maximum absolute atomic E-state index is 11.9. The van der Waals surface area contributed by atoms with Gasteiger partial charge in [0.1, 0.15) is 0 Å². The van der Waals surface area contributed by atoms with Crippen LogP contribution in [0.25, 0.3) is 0 Å². The zero-order valence-electron chi connectivity index (χ0n) is 12.6. The zero-order chi connectivity index (χ0) is 14.8. The van der Waals surface area contributed by atoms with Crippen molar-refractivity contribution in [2.45, 2.75) is 33.6 Å². The molecule has 0 aliphatic carbocycles.